The summed E-state index contributed by atoms with van der Waals surface area (Å²) in [5.41, 5.74) is 1.31. The predicted molar refractivity (Wildman–Crippen MR) is 61.6 cm³/mol. The normalized spacial score (nSPS) is 18.4. The molecule has 1 aromatic rings. The third-order valence-corrected chi connectivity index (χ3v) is 3.30. The van der Waals surface area contributed by atoms with E-state index in [2.05, 4.69) is 35.6 Å². The van der Waals surface area contributed by atoms with Crippen LogP contribution in [0.2, 0.25) is 0 Å². The van der Waals surface area contributed by atoms with Crippen molar-refractivity contribution in [2.75, 3.05) is 0 Å². The molecular weight excluding hydrogens is 186 g/mol. The lowest BCUT2D eigenvalue weighted by Gasteiger charge is -2.20. The Labute approximate surface area is 91.9 Å². The van der Waals surface area contributed by atoms with Crippen LogP contribution in [0, 0.1) is 5.92 Å². The summed E-state index contributed by atoms with van der Waals surface area (Å²) in [6, 6.07) is 1.30. The fraction of sp³-hybridized carbons (Fsp3) is 0.750. The molecule has 1 aliphatic carbocycles. The van der Waals surface area contributed by atoms with Crippen LogP contribution in [0.1, 0.15) is 45.3 Å². The van der Waals surface area contributed by atoms with Gasteiger partial charge in [0.2, 0.25) is 0 Å². The molecule has 0 aromatic carbocycles. The average molecular weight is 207 g/mol. The Balaban J connectivity index is 1.99. The summed E-state index contributed by atoms with van der Waals surface area (Å²) in [6.45, 7) is 7.72. The molecule has 1 heterocycles. The van der Waals surface area contributed by atoms with E-state index < -0.39 is 0 Å². The summed E-state index contributed by atoms with van der Waals surface area (Å²) < 4.78 is 2.29. The molecule has 0 spiro atoms. The van der Waals surface area contributed by atoms with Gasteiger partial charge < -0.3 is 9.88 Å². The molecular formula is C12H21N3. The molecule has 1 atom stereocenters. The van der Waals surface area contributed by atoms with E-state index in [9.17, 15) is 0 Å². The summed E-state index contributed by atoms with van der Waals surface area (Å²) in [5.74, 6) is 0.652. The predicted octanol–water partition coefficient (Wildman–Crippen LogP) is 2.35. The highest BCUT2D eigenvalue weighted by atomic mass is 15.1. The molecule has 0 saturated heterocycles. The van der Waals surface area contributed by atoms with Crippen LogP contribution in [-0.2, 0) is 6.54 Å². The van der Waals surface area contributed by atoms with Crippen molar-refractivity contribution < 1.29 is 0 Å². The molecule has 84 valence electrons. The number of aromatic nitrogens is 2. The van der Waals surface area contributed by atoms with Gasteiger partial charge in [0.25, 0.3) is 0 Å². The van der Waals surface area contributed by atoms with E-state index in [1.54, 1.807) is 0 Å². The Morgan fingerprint density at radius 3 is 2.80 bits per heavy atom. The smallest absolute Gasteiger partial charge is 0.0951 e. The molecule has 0 radical (unpaired) electrons. The summed E-state index contributed by atoms with van der Waals surface area (Å²) >= 11 is 0. The molecule has 1 saturated carbocycles. The Hall–Kier alpha value is -0.830. The van der Waals surface area contributed by atoms with Gasteiger partial charge in [-0.25, -0.2) is 4.98 Å². The second kappa shape index (κ2) is 4.35. The van der Waals surface area contributed by atoms with Crippen LogP contribution < -0.4 is 5.32 Å². The molecule has 15 heavy (non-hydrogen) atoms. The van der Waals surface area contributed by atoms with Crippen LogP contribution in [0.5, 0.6) is 0 Å². The molecule has 0 amide bonds. The third-order valence-electron chi connectivity index (χ3n) is 3.30. The molecule has 3 heteroatoms. The van der Waals surface area contributed by atoms with E-state index in [1.165, 1.54) is 18.5 Å². The monoisotopic (exact) mass is 207 g/mol. The van der Waals surface area contributed by atoms with Gasteiger partial charge in [-0.3, -0.25) is 0 Å². The molecule has 1 fully saturated rings. The Kier molecular flexibility index (Phi) is 3.10. The Morgan fingerprint density at radius 1 is 1.47 bits per heavy atom. The number of rotatable bonds is 5. The summed E-state index contributed by atoms with van der Waals surface area (Å²) in [6.07, 6.45) is 6.62. The summed E-state index contributed by atoms with van der Waals surface area (Å²) in [4.78, 5) is 4.25. The minimum absolute atomic E-state index is 0.531. The number of hydrogen-bond acceptors (Lipinski definition) is 2. The van der Waals surface area contributed by atoms with Crippen molar-refractivity contribution in [2.24, 2.45) is 5.92 Å². The van der Waals surface area contributed by atoms with E-state index >= 15 is 0 Å². The van der Waals surface area contributed by atoms with Crippen molar-refractivity contribution in [1.29, 1.82) is 0 Å². The molecule has 1 aliphatic rings. The molecule has 2 rings (SSSR count). The first-order valence-electron chi connectivity index (χ1n) is 5.92. The fourth-order valence-corrected chi connectivity index (χ4v) is 1.69. The van der Waals surface area contributed by atoms with Crippen molar-refractivity contribution >= 4 is 0 Å². The first kappa shape index (κ1) is 10.7. The van der Waals surface area contributed by atoms with Crippen LogP contribution in [0.3, 0.4) is 0 Å². The van der Waals surface area contributed by atoms with Crippen LogP contribution in [0.15, 0.2) is 12.5 Å². The first-order valence-corrected chi connectivity index (χ1v) is 5.92. The Bertz CT molecular complexity index is 312. The molecule has 3 nitrogen and oxygen atoms in total. The summed E-state index contributed by atoms with van der Waals surface area (Å²) in [7, 11) is 0. The van der Waals surface area contributed by atoms with Crippen molar-refractivity contribution in [3.8, 4) is 0 Å². The molecule has 1 unspecified atom stereocenters. The van der Waals surface area contributed by atoms with Gasteiger partial charge in [0, 0.05) is 24.8 Å². The standard InChI is InChI=1S/C12H21N3/c1-9(2)10(3)15-8-13-6-12(15)7-14-11-4-5-11/h6,8-11,14H,4-5,7H2,1-3H3. The maximum atomic E-state index is 4.25. The van der Waals surface area contributed by atoms with E-state index in [0.29, 0.717) is 12.0 Å². The topological polar surface area (TPSA) is 29.9 Å². The second-order valence-corrected chi connectivity index (χ2v) is 4.93. The highest BCUT2D eigenvalue weighted by Gasteiger charge is 2.21. The van der Waals surface area contributed by atoms with E-state index in [-0.39, 0.29) is 0 Å². The van der Waals surface area contributed by atoms with Gasteiger partial charge in [0.05, 0.1) is 12.0 Å². The minimum atomic E-state index is 0.531. The first-order chi connectivity index (χ1) is 7.18. The number of nitrogens with one attached hydrogen (secondary N) is 1. The molecule has 0 bridgehead atoms. The fourth-order valence-electron chi connectivity index (χ4n) is 1.69. The number of nitrogens with zero attached hydrogens (tertiary/aromatic N) is 2. The minimum Gasteiger partial charge on any atom is -0.330 e. The maximum Gasteiger partial charge on any atom is 0.0951 e. The lowest BCUT2D eigenvalue weighted by atomic mass is 10.1. The highest BCUT2D eigenvalue weighted by Crippen LogP contribution is 2.21. The van der Waals surface area contributed by atoms with Gasteiger partial charge >= 0.3 is 0 Å². The van der Waals surface area contributed by atoms with E-state index in [1.807, 2.05) is 12.5 Å². The second-order valence-electron chi connectivity index (χ2n) is 4.93. The van der Waals surface area contributed by atoms with Crippen LogP contribution in [-0.4, -0.2) is 15.6 Å². The number of hydrogen-bond donors (Lipinski definition) is 1. The van der Waals surface area contributed by atoms with E-state index in [0.717, 1.165) is 12.6 Å². The zero-order chi connectivity index (χ0) is 10.8. The van der Waals surface area contributed by atoms with Gasteiger partial charge in [-0.1, -0.05) is 13.8 Å². The zero-order valence-electron chi connectivity index (χ0n) is 9.90. The highest BCUT2D eigenvalue weighted by molar-refractivity contribution is 5.01. The van der Waals surface area contributed by atoms with Gasteiger partial charge in [-0.15, -0.1) is 0 Å². The van der Waals surface area contributed by atoms with Crippen molar-refractivity contribution in [3.05, 3.63) is 18.2 Å². The molecule has 1 N–H and O–H groups in total. The van der Waals surface area contributed by atoms with Gasteiger partial charge in [-0.05, 0) is 25.7 Å². The molecule has 0 aliphatic heterocycles. The van der Waals surface area contributed by atoms with Crippen LogP contribution >= 0.6 is 0 Å². The van der Waals surface area contributed by atoms with Crippen molar-refractivity contribution in [3.63, 3.8) is 0 Å². The van der Waals surface area contributed by atoms with Crippen molar-refractivity contribution in [2.45, 2.75) is 52.2 Å². The van der Waals surface area contributed by atoms with Crippen LogP contribution in [0.25, 0.3) is 0 Å². The van der Waals surface area contributed by atoms with Gasteiger partial charge in [-0.2, -0.15) is 0 Å². The van der Waals surface area contributed by atoms with E-state index in [4.69, 9.17) is 0 Å². The zero-order valence-corrected chi connectivity index (χ0v) is 9.90. The summed E-state index contributed by atoms with van der Waals surface area (Å²) in [5, 5.41) is 3.53. The SMILES string of the molecule is CC(C)C(C)n1cncc1CNC1CC1. The quantitative estimate of drug-likeness (QED) is 0.803. The Morgan fingerprint density at radius 2 is 2.20 bits per heavy atom. The van der Waals surface area contributed by atoms with Gasteiger partial charge in [0.15, 0.2) is 0 Å². The maximum absolute atomic E-state index is 4.25. The lowest BCUT2D eigenvalue weighted by molar-refractivity contribution is 0.394. The van der Waals surface area contributed by atoms with Crippen molar-refractivity contribution in [1.82, 2.24) is 14.9 Å². The van der Waals surface area contributed by atoms with Crippen LogP contribution in [0.4, 0.5) is 0 Å². The lowest BCUT2D eigenvalue weighted by Crippen LogP contribution is -2.20. The third kappa shape index (κ3) is 2.59. The molecule has 1 aromatic heterocycles. The largest absolute Gasteiger partial charge is 0.330 e. The van der Waals surface area contributed by atoms with Gasteiger partial charge in [0.1, 0.15) is 0 Å². The number of imidazole rings is 1. The average Bonchev–Trinajstić information content (AvgIpc) is 2.92.